The lowest BCUT2D eigenvalue weighted by Gasteiger charge is -2.27. The van der Waals surface area contributed by atoms with Gasteiger partial charge in [0.1, 0.15) is 0 Å². The number of aryl methyl sites for hydroxylation is 2. The molecule has 0 heterocycles. The summed E-state index contributed by atoms with van der Waals surface area (Å²) in [6.45, 7) is 7.64. The van der Waals surface area contributed by atoms with Crippen LogP contribution in [-0.2, 0) is 5.41 Å². The molecule has 2 aromatic rings. The molecular weight excluding hydrogens is 292 g/mol. The highest BCUT2D eigenvalue weighted by molar-refractivity contribution is 5.89. The predicted octanol–water partition coefficient (Wildman–Crippen LogP) is 4.03. The Hall–Kier alpha value is -2.62. The first-order valence-electron chi connectivity index (χ1n) is 7.32. The van der Waals surface area contributed by atoms with E-state index in [1.165, 1.54) is 0 Å². The quantitative estimate of drug-likeness (QED) is 0.894. The topological polar surface area (TPSA) is 74.6 Å². The molecule has 4 nitrogen and oxygen atoms in total. The van der Waals surface area contributed by atoms with Crippen LogP contribution in [0, 0.1) is 13.8 Å². The van der Waals surface area contributed by atoms with Crippen LogP contribution < -0.4 is 0 Å². The number of carboxylic acid groups (broad SMARTS) is 2. The number of carbonyl (C=O) groups is 2. The minimum absolute atomic E-state index is 0.235. The summed E-state index contributed by atoms with van der Waals surface area (Å²) < 4.78 is 0. The summed E-state index contributed by atoms with van der Waals surface area (Å²) in [5, 5.41) is 18.5. The maximum absolute atomic E-state index is 11.3. The Labute approximate surface area is 135 Å². The Kier molecular flexibility index (Phi) is 4.28. The molecule has 0 radical (unpaired) electrons. The number of hydrogen-bond donors (Lipinski definition) is 2. The van der Waals surface area contributed by atoms with Gasteiger partial charge in [0, 0.05) is 5.41 Å². The average molecular weight is 312 g/mol. The van der Waals surface area contributed by atoms with Crippen molar-refractivity contribution in [1.82, 2.24) is 0 Å². The van der Waals surface area contributed by atoms with E-state index in [0.29, 0.717) is 0 Å². The Balaban J connectivity index is 2.62. The summed E-state index contributed by atoms with van der Waals surface area (Å²) >= 11 is 0. The molecule has 0 aromatic heterocycles. The minimum atomic E-state index is -0.971. The van der Waals surface area contributed by atoms with Crippen molar-refractivity contribution in [2.75, 3.05) is 0 Å². The van der Waals surface area contributed by atoms with Gasteiger partial charge in [-0.2, -0.15) is 0 Å². The third-order valence-corrected chi connectivity index (χ3v) is 4.09. The zero-order valence-corrected chi connectivity index (χ0v) is 13.7. The van der Waals surface area contributed by atoms with Gasteiger partial charge in [0.15, 0.2) is 0 Å². The Bertz CT molecular complexity index is 722. The second-order valence-corrected chi connectivity index (χ2v) is 6.41. The third-order valence-electron chi connectivity index (χ3n) is 4.09. The van der Waals surface area contributed by atoms with Crippen molar-refractivity contribution in [3.05, 3.63) is 69.8 Å². The van der Waals surface area contributed by atoms with Crippen molar-refractivity contribution in [2.45, 2.75) is 33.1 Å². The van der Waals surface area contributed by atoms with Crippen LogP contribution in [0.2, 0.25) is 0 Å². The molecule has 0 saturated carbocycles. The van der Waals surface area contributed by atoms with E-state index in [2.05, 4.69) is 0 Å². The first-order chi connectivity index (χ1) is 10.6. The van der Waals surface area contributed by atoms with E-state index >= 15 is 0 Å². The maximum atomic E-state index is 11.3. The van der Waals surface area contributed by atoms with E-state index in [1.807, 2.05) is 39.8 Å². The van der Waals surface area contributed by atoms with Gasteiger partial charge in [0.05, 0.1) is 11.1 Å². The van der Waals surface area contributed by atoms with Crippen LogP contribution in [0.5, 0.6) is 0 Å². The van der Waals surface area contributed by atoms with E-state index < -0.39 is 17.4 Å². The second kappa shape index (κ2) is 5.88. The Morgan fingerprint density at radius 2 is 1.09 bits per heavy atom. The van der Waals surface area contributed by atoms with Gasteiger partial charge in [0.2, 0.25) is 0 Å². The van der Waals surface area contributed by atoms with Crippen LogP contribution in [0.4, 0.5) is 0 Å². The van der Waals surface area contributed by atoms with Crippen LogP contribution in [0.15, 0.2) is 36.4 Å². The van der Waals surface area contributed by atoms with Gasteiger partial charge in [-0.1, -0.05) is 26.0 Å². The molecule has 0 bridgehead atoms. The van der Waals surface area contributed by atoms with Crippen LogP contribution in [0.25, 0.3) is 0 Å². The highest BCUT2D eigenvalue weighted by atomic mass is 16.4. The zero-order chi connectivity index (χ0) is 17.4. The highest BCUT2D eigenvalue weighted by Gasteiger charge is 2.26. The van der Waals surface area contributed by atoms with E-state index in [0.717, 1.165) is 22.3 Å². The molecule has 0 saturated heterocycles. The summed E-state index contributed by atoms with van der Waals surface area (Å²) in [5.41, 5.74) is 3.37. The van der Waals surface area contributed by atoms with E-state index in [4.69, 9.17) is 0 Å². The normalized spacial score (nSPS) is 11.3. The van der Waals surface area contributed by atoms with Crippen LogP contribution in [-0.4, -0.2) is 22.2 Å². The summed E-state index contributed by atoms with van der Waals surface area (Å²) in [6.07, 6.45) is 0. The molecule has 0 fully saturated rings. The Morgan fingerprint density at radius 1 is 0.739 bits per heavy atom. The lowest BCUT2D eigenvalue weighted by Crippen LogP contribution is -2.21. The van der Waals surface area contributed by atoms with Gasteiger partial charge in [-0.3, -0.25) is 0 Å². The fourth-order valence-electron chi connectivity index (χ4n) is 2.70. The fraction of sp³-hybridized carbons (Fsp3) is 0.263. The molecule has 0 aliphatic rings. The molecule has 2 aromatic carbocycles. The molecule has 0 atom stereocenters. The third kappa shape index (κ3) is 3.42. The lowest BCUT2D eigenvalue weighted by atomic mass is 9.76. The molecule has 0 spiro atoms. The molecule has 120 valence electrons. The van der Waals surface area contributed by atoms with Gasteiger partial charge in [0.25, 0.3) is 0 Å². The molecule has 0 aliphatic carbocycles. The van der Waals surface area contributed by atoms with Crippen LogP contribution in [0.1, 0.15) is 56.8 Å². The van der Waals surface area contributed by atoms with E-state index in [-0.39, 0.29) is 11.1 Å². The van der Waals surface area contributed by atoms with Crippen molar-refractivity contribution in [3.8, 4) is 0 Å². The smallest absolute Gasteiger partial charge is 0.335 e. The standard InChI is InChI=1S/C19H20O4/c1-11-5-13(17(20)21)9-15(7-11)19(3,4)16-8-12(2)6-14(10-16)18(22)23/h5-10H,1-4H3,(H,20,21)(H,22,23). The molecule has 0 aliphatic heterocycles. The lowest BCUT2D eigenvalue weighted by molar-refractivity contribution is 0.0686. The van der Waals surface area contributed by atoms with Gasteiger partial charge in [-0.15, -0.1) is 0 Å². The molecular formula is C19H20O4. The molecule has 0 unspecified atom stereocenters. The monoisotopic (exact) mass is 312 g/mol. The Morgan fingerprint density at radius 3 is 1.39 bits per heavy atom. The van der Waals surface area contributed by atoms with Crippen molar-refractivity contribution in [2.24, 2.45) is 0 Å². The van der Waals surface area contributed by atoms with Crippen molar-refractivity contribution < 1.29 is 19.8 Å². The molecule has 4 heteroatoms. The molecule has 2 N–H and O–H groups in total. The van der Waals surface area contributed by atoms with E-state index in [9.17, 15) is 19.8 Å². The number of carboxylic acids is 2. The molecule has 2 rings (SSSR count). The predicted molar refractivity (Wildman–Crippen MR) is 88.4 cm³/mol. The molecule has 0 amide bonds. The van der Waals surface area contributed by atoms with Gasteiger partial charge < -0.3 is 10.2 Å². The maximum Gasteiger partial charge on any atom is 0.335 e. The zero-order valence-electron chi connectivity index (χ0n) is 13.7. The summed E-state index contributed by atoms with van der Waals surface area (Å²) in [5.74, 6) is -1.94. The van der Waals surface area contributed by atoms with Crippen LogP contribution >= 0.6 is 0 Å². The van der Waals surface area contributed by atoms with Gasteiger partial charge in [-0.05, 0) is 60.4 Å². The second-order valence-electron chi connectivity index (χ2n) is 6.41. The summed E-state index contributed by atoms with van der Waals surface area (Å²) in [6, 6.07) is 10.4. The van der Waals surface area contributed by atoms with Gasteiger partial charge in [-0.25, -0.2) is 9.59 Å². The highest BCUT2D eigenvalue weighted by Crippen LogP contribution is 2.33. The molecule has 23 heavy (non-hydrogen) atoms. The van der Waals surface area contributed by atoms with E-state index in [1.54, 1.807) is 24.3 Å². The van der Waals surface area contributed by atoms with Crippen molar-refractivity contribution in [3.63, 3.8) is 0 Å². The first kappa shape index (κ1) is 16.7. The van der Waals surface area contributed by atoms with Gasteiger partial charge >= 0.3 is 11.9 Å². The SMILES string of the molecule is Cc1cc(C(=O)O)cc(C(C)(C)c2cc(C)cc(C(=O)O)c2)c1. The summed E-state index contributed by atoms with van der Waals surface area (Å²) in [4.78, 5) is 22.6. The average Bonchev–Trinajstić information content (AvgIpc) is 2.45. The minimum Gasteiger partial charge on any atom is -0.478 e. The largest absolute Gasteiger partial charge is 0.478 e. The van der Waals surface area contributed by atoms with Crippen molar-refractivity contribution >= 4 is 11.9 Å². The number of aromatic carboxylic acids is 2. The first-order valence-corrected chi connectivity index (χ1v) is 7.32. The van der Waals surface area contributed by atoms with Crippen molar-refractivity contribution in [1.29, 1.82) is 0 Å². The number of benzene rings is 2. The fourth-order valence-corrected chi connectivity index (χ4v) is 2.70. The van der Waals surface area contributed by atoms with Crippen LogP contribution in [0.3, 0.4) is 0 Å². The number of hydrogen-bond acceptors (Lipinski definition) is 2. The summed E-state index contributed by atoms with van der Waals surface area (Å²) in [7, 11) is 0. The number of rotatable bonds is 4.